The molecule has 1 aliphatic rings. The van der Waals surface area contributed by atoms with E-state index in [1.165, 1.54) is 0 Å². The monoisotopic (exact) mass is 384 g/mol. The fraction of sp³-hybridized carbons (Fsp3) is 0.476. The molecule has 1 saturated heterocycles. The third-order valence-corrected chi connectivity index (χ3v) is 5.11. The molecule has 0 saturated carbocycles. The van der Waals surface area contributed by atoms with Gasteiger partial charge in [0.2, 0.25) is 5.91 Å². The summed E-state index contributed by atoms with van der Waals surface area (Å²) in [4.78, 5) is 33.3. The lowest BCUT2D eigenvalue weighted by Gasteiger charge is -2.35. The number of nitrogens with zero attached hydrogens (tertiary/aromatic N) is 3. The number of aromatic carboxylic acids is 1. The number of pyridine rings is 1. The van der Waals surface area contributed by atoms with Gasteiger partial charge in [0.05, 0.1) is 11.1 Å². The summed E-state index contributed by atoms with van der Waals surface area (Å²) < 4.78 is 0. The summed E-state index contributed by atoms with van der Waals surface area (Å²) in [5.41, 5.74) is 0.847. The van der Waals surface area contributed by atoms with E-state index in [9.17, 15) is 14.7 Å². The average molecular weight is 384 g/mol. The molecule has 2 aromatic rings. The van der Waals surface area contributed by atoms with Gasteiger partial charge >= 0.3 is 5.97 Å². The Balaban J connectivity index is 1.95. The minimum absolute atomic E-state index is 0.123. The van der Waals surface area contributed by atoms with E-state index in [0.717, 1.165) is 32.7 Å². The number of amides is 1. The highest BCUT2D eigenvalue weighted by Gasteiger charge is 2.23. The first-order chi connectivity index (χ1) is 13.2. The first-order valence-electron chi connectivity index (χ1n) is 9.66. The molecular weight excluding hydrogens is 356 g/mol. The van der Waals surface area contributed by atoms with Gasteiger partial charge in [0.25, 0.3) is 0 Å². The minimum atomic E-state index is -1.000. The lowest BCUT2D eigenvalue weighted by atomic mass is 9.95. The summed E-state index contributed by atoms with van der Waals surface area (Å²) in [6.07, 6.45) is 0. The van der Waals surface area contributed by atoms with Gasteiger partial charge in [0, 0.05) is 42.7 Å². The molecule has 0 bridgehead atoms. The van der Waals surface area contributed by atoms with Crippen molar-refractivity contribution in [1.29, 1.82) is 0 Å². The smallest absolute Gasteiger partial charge is 0.336 e. The van der Waals surface area contributed by atoms with Crippen molar-refractivity contribution in [1.82, 2.24) is 9.88 Å². The van der Waals surface area contributed by atoms with Gasteiger partial charge in [-0.25, -0.2) is 9.78 Å². The molecule has 7 nitrogen and oxygen atoms in total. The summed E-state index contributed by atoms with van der Waals surface area (Å²) in [5, 5.41) is 13.1. The molecule has 150 valence electrons. The highest BCUT2D eigenvalue weighted by atomic mass is 16.4. The second-order valence-electron chi connectivity index (χ2n) is 8.19. The normalized spacial score (nSPS) is 15.6. The number of benzene rings is 1. The van der Waals surface area contributed by atoms with E-state index in [1.54, 1.807) is 24.3 Å². The van der Waals surface area contributed by atoms with Crippen LogP contribution in [0.1, 0.15) is 38.1 Å². The highest BCUT2D eigenvalue weighted by molar-refractivity contribution is 6.05. The number of rotatable bonds is 4. The Morgan fingerprint density at radius 2 is 1.82 bits per heavy atom. The maximum Gasteiger partial charge on any atom is 0.336 e. The van der Waals surface area contributed by atoms with Crippen molar-refractivity contribution in [3.8, 4) is 0 Å². The number of carboxylic acid groups (broad SMARTS) is 1. The molecule has 1 fully saturated rings. The molecule has 0 radical (unpaired) electrons. The Kier molecular flexibility index (Phi) is 5.56. The number of carbonyl (C=O) groups excluding carboxylic acids is 1. The number of anilines is 2. The second-order valence-corrected chi connectivity index (χ2v) is 8.19. The topological polar surface area (TPSA) is 85.8 Å². The van der Waals surface area contributed by atoms with Crippen LogP contribution in [0.25, 0.3) is 10.9 Å². The van der Waals surface area contributed by atoms with Crippen molar-refractivity contribution in [2.45, 2.75) is 27.7 Å². The fourth-order valence-corrected chi connectivity index (χ4v) is 3.24. The van der Waals surface area contributed by atoms with Crippen LogP contribution in [0.3, 0.4) is 0 Å². The van der Waals surface area contributed by atoms with Crippen LogP contribution in [0.5, 0.6) is 0 Å². The standard InChI is InChI=1S/C21H28N4O3/c1-5-24-8-10-25(11-9-24)18-13-16(19(26)27)15-12-14(6-7-17(15)23-18)22-20(28)21(2,3)4/h6-7,12-13H,5,8-11H2,1-4H3,(H,22,28)(H,26,27). The van der Waals surface area contributed by atoms with Crippen molar-refractivity contribution in [2.24, 2.45) is 5.41 Å². The first kappa shape index (κ1) is 20.1. The van der Waals surface area contributed by atoms with E-state index in [1.807, 2.05) is 20.8 Å². The largest absolute Gasteiger partial charge is 0.478 e. The molecule has 28 heavy (non-hydrogen) atoms. The van der Waals surface area contributed by atoms with Crippen molar-refractivity contribution in [2.75, 3.05) is 42.9 Å². The zero-order chi connectivity index (χ0) is 20.5. The van der Waals surface area contributed by atoms with E-state index in [4.69, 9.17) is 4.98 Å². The molecule has 1 amide bonds. The summed E-state index contributed by atoms with van der Waals surface area (Å²) in [6, 6.07) is 6.87. The number of hydrogen-bond donors (Lipinski definition) is 2. The first-order valence-corrected chi connectivity index (χ1v) is 9.66. The summed E-state index contributed by atoms with van der Waals surface area (Å²) in [6.45, 7) is 12.2. The predicted octanol–water partition coefficient (Wildman–Crippen LogP) is 3.06. The fourth-order valence-electron chi connectivity index (χ4n) is 3.24. The molecule has 0 atom stereocenters. The van der Waals surface area contributed by atoms with Crippen LogP contribution < -0.4 is 10.2 Å². The summed E-state index contributed by atoms with van der Waals surface area (Å²) in [5.74, 6) is -0.436. The molecule has 0 aliphatic carbocycles. The molecule has 7 heteroatoms. The minimum Gasteiger partial charge on any atom is -0.478 e. The zero-order valence-electron chi connectivity index (χ0n) is 17.0. The van der Waals surface area contributed by atoms with Gasteiger partial charge in [0.1, 0.15) is 5.82 Å². The van der Waals surface area contributed by atoms with E-state index in [-0.39, 0.29) is 11.5 Å². The molecule has 0 unspecified atom stereocenters. The van der Waals surface area contributed by atoms with Gasteiger partial charge < -0.3 is 20.2 Å². The van der Waals surface area contributed by atoms with E-state index >= 15 is 0 Å². The maximum absolute atomic E-state index is 12.2. The predicted molar refractivity (Wildman–Crippen MR) is 111 cm³/mol. The van der Waals surface area contributed by atoms with Crippen LogP contribution in [0.2, 0.25) is 0 Å². The number of carboxylic acids is 1. The van der Waals surface area contributed by atoms with Gasteiger partial charge in [-0.3, -0.25) is 4.79 Å². The maximum atomic E-state index is 12.2. The van der Waals surface area contributed by atoms with Crippen molar-refractivity contribution >= 4 is 34.3 Å². The van der Waals surface area contributed by atoms with Crippen molar-refractivity contribution in [3.63, 3.8) is 0 Å². The Morgan fingerprint density at radius 3 is 2.39 bits per heavy atom. The van der Waals surface area contributed by atoms with E-state index in [2.05, 4.69) is 22.0 Å². The van der Waals surface area contributed by atoms with Gasteiger partial charge in [-0.05, 0) is 30.8 Å². The molecule has 1 aromatic carbocycles. The summed E-state index contributed by atoms with van der Waals surface area (Å²) >= 11 is 0. The SMILES string of the molecule is CCN1CCN(c2cc(C(=O)O)c3cc(NC(=O)C(C)(C)C)ccc3n2)CC1. The molecule has 1 aromatic heterocycles. The zero-order valence-corrected chi connectivity index (χ0v) is 17.0. The molecule has 3 rings (SSSR count). The Bertz CT molecular complexity index is 896. The molecular formula is C21H28N4O3. The number of aromatic nitrogens is 1. The van der Waals surface area contributed by atoms with E-state index in [0.29, 0.717) is 22.4 Å². The number of fused-ring (bicyclic) bond motifs is 1. The lowest BCUT2D eigenvalue weighted by Crippen LogP contribution is -2.46. The third-order valence-electron chi connectivity index (χ3n) is 5.11. The van der Waals surface area contributed by atoms with Crippen LogP contribution in [0.4, 0.5) is 11.5 Å². The number of hydrogen-bond acceptors (Lipinski definition) is 5. The number of carbonyl (C=O) groups is 2. The van der Waals surface area contributed by atoms with Crippen LogP contribution in [0.15, 0.2) is 24.3 Å². The van der Waals surface area contributed by atoms with E-state index < -0.39 is 11.4 Å². The number of likely N-dealkylation sites (N-methyl/N-ethyl adjacent to an activating group) is 1. The van der Waals surface area contributed by atoms with Gasteiger partial charge in [0.15, 0.2) is 0 Å². The Hall–Kier alpha value is -2.67. The van der Waals surface area contributed by atoms with Crippen molar-refractivity contribution in [3.05, 3.63) is 29.8 Å². The summed E-state index contributed by atoms with van der Waals surface area (Å²) in [7, 11) is 0. The van der Waals surface area contributed by atoms with Crippen LogP contribution in [0, 0.1) is 5.41 Å². The molecule has 2 N–H and O–H groups in total. The molecule has 1 aliphatic heterocycles. The average Bonchev–Trinajstić information content (AvgIpc) is 2.66. The van der Waals surface area contributed by atoms with Crippen molar-refractivity contribution < 1.29 is 14.7 Å². The third kappa shape index (κ3) is 4.25. The van der Waals surface area contributed by atoms with Gasteiger partial charge in [-0.15, -0.1) is 0 Å². The second kappa shape index (κ2) is 7.75. The Morgan fingerprint density at radius 1 is 1.14 bits per heavy atom. The van der Waals surface area contributed by atoms with Crippen LogP contribution in [-0.2, 0) is 4.79 Å². The van der Waals surface area contributed by atoms with Crippen LogP contribution in [-0.4, -0.2) is 59.6 Å². The van der Waals surface area contributed by atoms with Gasteiger partial charge in [-0.1, -0.05) is 27.7 Å². The molecule has 2 heterocycles. The highest BCUT2D eigenvalue weighted by Crippen LogP contribution is 2.27. The Labute approximate surface area is 165 Å². The lowest BCUT2D eigenvalue weighted by molar-refractivity contribution is -0.123. The van der Waals surface area contributed by atoms with Gasteiger partial charge in [-0.2, -0.15) is 0 Å². The number of nitrogens with one attached hydrogen (secondary N) is 1. The molecule has 0 spiro atoms. The number of piperazine rings is 1. The van der Waals surface area contributed by atoms with Crippen LogP contribution >= 0.6 is 0 Å². The quantitative estimate of drug-likeness (QED) is 0.843.